The molecule has 0 atom stereocenters. The van der Waals surface area contributed by atoms with E-state index >= 15 is 0 Å². The van der Waals surface area contributed by atoms with Crippen molar-refractivity contribution < 1.29 is 17.7 Å². The predicted molar refractivity (Wildman–Crippen MR) is 100 cm³/mol. The summed E-state index contributed by atoms with van der Waals surface area (Å²) in [5.74, 6) is -0.400. The van der Waals surface area contributed by atoms with E-state index in [-0.39, 0.29) is 10.5 Å². The molecule has 0 amide bonds. The van der Waals surface area contributed by atoms with Gasteiger partial charge in [-0.2, -0.15) is 0 Å². The fourth-order valence-corrected chi connectivity index (χ4v) is 3.92. The molecule has 1 saturated heterocycles. The van der Waals surface area contributed by atoms with Gasteiger partial charge >= 0.3 is 7.12 Å². The van der Waals surface area contributed by atoms with Gasteiger partial charge in [0, 0.05) is 12.3 Å². The Hall–Kier alpha value is -1.90. The van der Waals surface area contributed by atoms with Gasteiger partial charge in [-0.05, 0) is 51.4 Å². The van der Waals surface area contributed by atoms with Crippen LogP contribution < -0.4 is 11.0 Å². The molecular weight excluding hydrogens is 353 g/mol. The molecule has 6 nitrogen and oxygen atoms in total. The highest BCUT2D eigenvalue weighted by molar-refractivity contribution is 7.90. The summed E-state index contributed by atoms with van der Waals surface area (Å²) < 4.78 is 38.2. The second-order valence-electron chi connectivity index (χ2n) is 7.41. The average molecular weight is 375 g/mol. The fraction of sp³-hybridized carbons (Fsp3) is 0.389. The average Bonchev–Trinajstić information content (AvgIpc) is 2.78. The minimum absolute atomic E-state index is 0.147. The van der Waals surface area contributed by atoms with Crippen molar-refractivity contribution in [2.45, 2.75) is 49.7 Å². The van der Waals surface area contributed by atoms with E-state index in [4.69, 9.17) is 9.31 Å². The van der Waals surface area contributed by atoms with E-state index < -0.39 is 34.0 Å². The van der Waals surface area contributed by atoms with E-state index in [2.05, 4.69) is 0 Å². The maximum Gasteiger partial charge on any atom is 0.494 e. The molecule has 1 aromatic carbocycles. The van der Waals surface area contributed by atoms with Gasteiger partial charge < -0.3 is 13.9 Å². The Kier molecular flexibility index (Phi) is 4.63. The van der Waals surface area contributed by atoms with Gasteiger partial charge in [0.25, 0.3) is 5.56 Å². The summed E-state index contributed by atoms with van der Waals surface area (Å²) in [7, 11) is -4.19. The lowest BCUT2D eigenvalue weighted by molar-refractivity contribution is 0.00578. The van der Waals surface area contributed by atoms with Gasteiger partial charge in [-0.1, -0.05) is 18.2 Å². The van der Waals surface area contributed by atoms with Crippen LogP contribution in [0.2, 0.25) is 0 Å². The zero-order valence-corrected chi connectivity index (χ0v) is 16.1. The van der Waals surface area contributed by atoms with Crippen LogP contribution in [-0.4, -0.2) is 31.3 Å². The number of sulfone groups is 1. The van der Waals surface area contributed by atoms with Crippen molar-refractivity contribution in [1.29, 1.82) is 0 Å². The van der Waals surface area contributed by atoms with Crippen molar-refractivity contribution in [3.63, 3.8) is 0 Å². The Bertz CT molecular complexity index is 948. The SMILES string of the molecule is CC1(C)OB(c2ccc(S(=O)(=O)Cn3ccccc3=O)cc2)OC1(C)C. The quantitative estimate of drug-likeness (QED) is 0.759. The molecule has 0 bridgehead atoms. The van der Waals surface area contributed by atoms with E-state index in [1.807, 2.05) is 27.7 Å². The minimum Gasteiger partial charge on any atom is -0.399 e. The molecule has 26 heavy (non-hydrogen) atoms. The molecule has 0 unspecified atom stereocenters. The van der Waals surface area contributed by atoms with E-state index in [1.54, 1.807) is 24.3 Å². The molecule has 1 aliphatic heterocycles. The number of pyridine rings is 1. The summed E-state index contributed by atoms with van der Waals surface area (Å²) in [6.45, 7) is 7.85. The number of rotatable bonds is 4. The van der Waals surface area contributed by atoms with Crippen molar-refractivity contribution in [3.05, 3.63) is 59.0 Å². The summed E-state index contributed by atoms with van der Waals surface area (Å²) in [5, 5.41) is 0. The summed E-state index contributed by atoms with van der Waals surface area (Å²) in [5.41, 5.74) is -0.530. The highest BCUT2D eigenvalue weighted by Gasteiger charge is 2.51. The van der Waals surface area contributed by atoms with Crippen LogP contribution in [0.1, 0.15) is 27.7 Å². The van der Waals surface area contributed by atoms with Crippen molar-refractivity contribution in [1.82, 2.24) is 4.57 Å². The number of hydrogen-bond donors (Lipinski definition) is 0. The second-order valence-corrected chi connectivity index (χ2v) is 9.37. The standard InChI is InChI=1S/C18H22BNO5S/c1-17(2)18(3,4)25-19(24-17)14-8-10-15(11-9-14)26(22,23)13-20-12-6-5-7-16(20)21/h5-12H,13H2,1-4H3. The Morgan fingerprint density at radius 2 is 1.54 bits per heavy atom. The molecule has 1 aromatic heterocycles. The lowest BCUT2D eigenvalue weighted by atomic mass is 9.79. The molecule has 0 N–H and O–H groups in total. The van der Waals surface area contributed by atoms with Gasteiger partial charge in [0.15, 0.2) is 9.84 Å². The summed E-state index contributed by atoms with van der Waals surface area (Å²) in [6, 6.07) is 10.9. The number of aromatic nitrogens is 1. The molecule has 138 valence electrons. The van der Waals surface area contributed by atoms with Crippen LogP contribution in [0, 0.1) is 0 Å². The zero-order valence-electron chi connectivity index (χ0n) is 15.3. The summed E-state index contributed by atoms with van der Waals surface area (Å²) in [4.78, 5) is 11.9. The van der Waals surface area contributed by atoms with Gasteiger partial charge in [0.05, 0.1) is 16.1 Å². The molecule has 2 heterocycles. The van der Waals surface area contributed by atoms with E-state index in [0.717, 1.165) is 10.0 Å². The molecule has 3 rings (SSSR count). The maximum atomic E-state index is 12.6. The Morgan fingerprint density at radius 3 is 2.08 bits per heavy atom. The zero-order chi connectivity index (χ0) is 19.2. The molecule has 0 aliphatic carbocycles. The van der Waals surface area contributed by atoms with Crippen LogP contribution in [0.25, 0.3) is 0 Å². The topological polar surface area (TPSA) is 74.6 Å². The van der Waals surface area contributed by atoms with Crippen LogP contribution in [0.5, 0.6) is 0 Å². The lowest BCUT2D eigenvalue weighted by Gasteiger charge is -2.32. The predicted octanol–water partition coefficient (Wildman–Crippen LogP) is 1.58. The van der Waals surface area contributed by atoms with E-state index in [9.17, 15) is 13.2 Å². The monoisotopic (exact) mass is 375 g/mol. The number of nitrogens with zero attached hydrogens (tertiary/aromatic N) is 1. The fourth-order valence-electron chi connectivity index (χ4n) is 2.64. The highest BCUT2D eigenvalue weighted by atomic mass is 32.2. The Labute approximate surface area is 153 Å². The second kappa shape index (κ2) is 6.37. The van der Waals surface area contributed by atoms with E-state index in [0.29, 0.717) is 0 Å². The van der Waals surface area contributed by atoms with Crippen LogP contribution in [-0.2, 0) is 25.0 Å². The first-order valence-electron chi connectivity index (χ1n) is 8.36. The Morgan fingerprint density at radius 1 is 0.962 bits per heavy atom. The Balaban J connectivity index is 1.82. The molecule has 0 saturated carbocycles. The number of benzene rings is 1. The molecule has 0 spiro atoms. The first-order chi connectivity index (χ1) is 12.0. The van der Waals surface area contributed by atoms with Crippen molar-refractivity contribution in [3.8, 4) is 0 Å². The van der Waals surface area contributed by atoms with Crippen molar-refractivity contribution in [2.75, 3.05) is 0 Å². The first-order valence-corrected chi connectivity index (χ1v) is 10.0. The molecule has 8 heteroatoms. The van der Waals surface area contributed by atoms with Crippen LogP contribution >= 0.6 is 0 Å². The van der Waals surface area contributed by atoms with E-state index in [1.165, 1.54) is 24.4 Å². The third kappa shape index (κ3) is 3.49. The molecule has 1 fully saturated rings. The van der Waals surface area contributed by atoms with Crippen LogP contribution in [0.4, 0.5) is 0 Å². The maximum absolute atomic E-state index is 12.6. The highest BCUT2D eigenvalue weighted by Crippen LogP contribution is 2.36. The normalized spacial score (nSPS) is 18.8. The third-order valence-corrected chi connectivity index (χ3v) is 6.58. The minimum atomic E-state index is -3.64. The van der Waals surface area contributed by atoms with Gasteiger partial charge in [-0.25, -0.2) is 8.42 Å². The molecule has 0 radical (unpaired) electrons. The van der Waals surface area contributed by atoms with Crippen LogP contribution in [0.15, 0.2) is 58.4 Å². The molecule has 1 aliphatic rings. The largest absolute Gasteiger partial charge is 0.494 e. The summed E-state index contributed by atoms with van der Waals surface area (Å²) in [6.07, 6.45) is 1.46. The smallest absolute Gasteiger partial charge is 0.399 e. The lowest BCUT2D eigenvalue weighted by Crippen LogP contribution is -2.41. The van der Waals surface area contributed by atoms with Crippen LogP contribution in [0.3, 0.4) is 0 Å². The van der Waals surface area contributed by atoms with Crippen molar-refractivity contribution in [2.24, 2.45) is 0 Å². The van der Waals surface area contributed by atoms with Gasteiger partial charge in [-0.15, -0.1) is 0 Å². The van der Waals surface area contributed by atoms with Gasteiger partial charge in [0.2, 0.25) is 0 Å². The molecule has 2 aromatic rings. The third-order valence-electron chi connectivity index (χ3n) is 4.97. The summed E-state index contributed by atoms with van der Waals surface area (Å²) >= 11 is 0. The first kappa shape index (κ1) is 18.9. The van der Waals surface area contributed by atoms with Crippen molar-refractivity contribution >= 4 is 22.4 Å². The molecular formula is C18H22BNO5S. The van der Waals surface area contributed by atoms with Gasteiger partial charge in [0.1, 0.15) is 5.88 Å². The van der Waals surface area contributed by atoms with Gasteiger partial charge in [-0.3, -0.25) is 4.79 Å². The number of hydrogen-bond acceptors (Lipinski definition) is 5.